The molecule has 0 aliphatic heterocycles. The molecular formula is C32H62. The Kier molecular flexibility index (Phi) is 11.1. The van der Waals surface area contributed by atoms with E-state index in [9.17, 15) is 0 Å². The van der Waals surface area contributed by atoms with Gasteiger partial charge < -0.3 is 0 Å². The van der Waals surface area contributed by atoms with Crippen molar-refractivity contribution in [3.05, 3.63) is 11.6 Å². The third-order valence-electron chi connectivity index (χ3n) is 9.92. The highest BCUT2D eigenvalue weighted by molar-refractivity contribution is 5.22. The first-order valence-electron chi connectivity index (χ1n) is 14.3. The van der Waals surface area contributed by atoms with Crippen molar-refractivity contribution in [3.8, 4) is 0 Å². The zero-order chi connectivity index (χ0) is 24.9. The van der Waals surface area contributed by atoms with E-state index >= 15 is 0 Å². The average molecular weight is 447 g/mol. The zero-order valence-corrected chi connectivity index (χ0v) is 24.7. The maximum atomic E-state index is 2.93. The first kappa shape index (κ1) is 29.8. The van der Waals surface area contributed by atoms with Gasteiger partial charge in [-0.15, -0.1) is 0 Å². The summed E-state index contributed by atoms with van der Waals surface area (Å²) in [6, 6.07) is 0. The van der Waals surface area contributed by atoms with Gasteiger partial charge in [0, 0.05) is 0 Å². The van der Waals surface area contributed by atoms with Gasteiger partial charge in [0.25, 0.3) is 0 Å². The Morgan fingerprint density at radius 1 is 0.875 bits per heavy atom. The molecule has 1 saturated carbocycles. The second-order valence-corrected chi connectivity index (χ2v) is 14.2. The number of hydrogen-bond acceptors (Lipinski definition) is 0. The third kappa shape index (κ3) is 7.37. The van der Waals surface area contributed by atoms with Crippen LogP contribution in [-0.2, 0) is 0 Å². The Labute approximate surface area is 204 Å². The van der Waals surface area contributed by atoms with Gasteiger partial charge in [-0.25, -0.2) is 0 Å². The lowest BCUT2D eigenvalue weighted by molar-refractivity contribution is 0.111. The van der Waals surface area contributed by atoms with Crippen molar-refractivity contribution < 1.29 is 0 Å². The fraction of sp³-hybridized carbons (Fsp3) is 0.938. The summed E-state index contributed by atoms with van der Waals surface area (Å²) in [7, 11) is 0. The lowest BCUT2D eigenvalue weighted by Gasteiger charge is -2.47. The molecule has 0 bridgehead atoms. The predicted octanol–water partition coefficient (Wildman–Crippen LogP) is 11.0. The molecule has 0 aromatic carbocycles. The first-order chi connectivity index (χ1) is 14.6. The van der Waals surface area contributed by atoms with Crippen LogP contribution in [0.4, 0.5) is 0 Å². The molecule has 0 aromatic rings. The van der Waals surface area contributed by atoms with E-state index < -0.39 is 0 Å². The Morgan fingerprint density at radius 3 is 1.84 bits per heavy atom. The van der Waals surface area contributed by atoms with Crippen LogP contribution >= 0.6 is 0 Å². The van der Waals surface area contributed by atoms with Crippen molar-refractivity contribution in [1.82, 2.24) is 0 Å². The minimum absolute atomic E-state index is 0.271. The lowest BCUT2D eigenvalue weighted by Crippen LogP contribution is -2.37. The summed E-state index contributed by atoms with van der Waals surface area (Å²) in [4.78, 5) is 0. The summed E-state index contributed by atoms with van der Waals surface area (Å²) in [5, 5.41) is 0. The van der Waals surface area contributed by atoms with Gasteiger partial charge in [0.15, 0.2) is 0 Å². The van der Waals surface area contributed by atoms with Crippen molar-refractivity contribution in [3.63, 3.8) is 0 Å². The highest BCUT2D eigenvalue weighted by Crippen LogP contribution is 2.53. The molecule has 3 atom stereocenters. The second-order valence-electron chi connectivity index (χ2n) is 14.2. The van der Waals surface area contributed by atoms with E-state index in [0.717, 1.165) is 17.8 Å². The van der Waals surface area contributed by atoms with Crippen LogP contribution in [0, 0.1) is 51.8 Å². The molecular weight excluding hydrogens is 384 g/mol. The summed E-state index contributed by atoms with van der Waals surface area (Å²) in [5.41, 5.74) is 2.88. The van der Waals surface area contributed by atoms with Gasteiger partial charge in [-0.1, -0.05) is 121 Å². The summed E-state index contributed by atoms with van der Waals surface area (Å²) in [6.07, 6.45) is 13.9. The van der Waals surface area contributed by atoms with Crippen LogP contribution in [0.5, 0.6) is 0 Å². The van der Waals surface area contributed by atoms with Crippen molar-refractivity contribution in [2.45, 2.75) is 141 Å². The second kappa shape index (κ2) is 11.9. The minimum atomic E-state index is 0.271. The van der Waals surface area contributed by atoms with E-state index in [0.29, 0.717) is 28.6 Å². The Morgan fingerprint density at radius 2 is 1.41 bits per heavy atom. The van der Waals surface area contributed by atoms with Crippen molar-refractivity contribution >= 4 is 0 Å². The molecule has 0 heteroatoms. The fourth-order valence-electron chi connectivity index (χ4n) is 6.91. The molecule has 1 aliphatic carbocycles. The molecule has 0 N–H and O–H groups in total. The average Bonchev–Trinajstić information content (AvgIpc) is 2.73. The Balaban J connectivity index is 3.75. The topological polar surface area (TPSA) is 0 Å². The van der Waals surface area contributed by atoms with Gasteiger partial charge >= 0.3 is 0 Å². The van der Waals surface area contributed by atoms with Crippen LogP contribution in [0.1, 0.15) is 141 Å². The lowest BCUT2D eigenvalue weighted by atomic mass is 9.58. The van der Waals surface area contributed by atoms with E-state index in [4.69, 9.17) is 0 Å². The van der Waals surface area contributed by atoms with Crippen molar-refractivity contribution in [2.24, 2.45) is 51.8 Å². The molecule has 0 nitrogen and oxygen atoms in total. The van der Waals surface area contributed by atoms with Crippen LogP contribution in [0.15, 0.2) is 11.6 Å². The summed E-state index contributed by atoms with van der Waals surface area (Å²) >= 11 is 0. The van der Waals surface area contributed by atoms with E-state index in [2.05, 4.69) is 96.1 Å². The van der Waals surface area contributed by atoms with Crippen molar-refractivity contribution in [2.75, 3.05) is 0 Å². The Hall–Kier alpha value is -0.260. The van der Waals surface area contributed by atoms with Gasteiger partial charge in [0.2, 0.25) is 0 Å². The maximum absolute atomic E-state index is 2.93. The van der Waals surface area contributed by atoms with E-state index in [1.807, 2.05) is 0 Å². The van der Waals surface area contributed by atoms with Crippen LogP contribution < -0.4 is 0 Å². The predicted molar refractivity (Wildman–Crippen MR) is 147 cm³/mol. The largest absolute Gasteiger partial charge is 0.0782 e. The zero-order valence-electron chi connectivity index (χ0n) is 24.7. The van der Waals surface area contributed by atoms with Gasteiger partial charge in [-0.3, -0.25) is 0 Å². The molecule has 32 heavy (non-hydrogen) atoms. The van der Waals surface area contributed by atoms with Crippen LogP contribution in [0.3, 0.4) is 0 Å². The maximum Gasteiger partial charge on any atom is -0.00701 e. The quantitative estimate of drug-likeness (QED) is 0.309. The standard InChI is InChI=1S/C32H62/c1-14-28-20-30(11,12)17-15-16-18-32(21-28,27(10)24(4)5)22-29(19-23(2)3)31(13,25(6)7)26(8)9/h22-28H,14-21H2,1-13H3. The normalized spacial score (nSPS) is 27.0. The van der Waals surface area contributed by atoms with Crippen LogP contribution in [0.2, 0.25) is 0 Å². The van der Waals surface area contributed by atoms with Gasteiger partial charge in [0.1, 0.15) is 0 Å². The fourth-order valence-corrected chi connectivity index (χ4v) is 6.91. The molecule has 190 valence electrons. The number of allylic oxidation sites excluding steroid dienone is 2. The van der Waals surface area contributed by atoms with Gasteiger partial charge in [-0.2, -0.15) is 0 Å². The smallest absolute Gasteiger partial charge is 0.00701 e. The first-order valence-corrected chi connectivity index (χ1v) is 14.3. The molecule has 1 rings (SSSR count). The molecule has 0 radical (unpaired) electrons. The monoisotopic (exact) mass is 446 g/mol. The van der Waals surface area contributed by atoms with Gasteiger partial charge in [0.05, 0.1) is 0 Å². The van der Waals surface area contributed by atoms with Crippen LogP contribution in [0.25, 0.3) is 0 Å². The molecule has 3 unspecified atom stereocenters. The molecule has 0 aromatic heterocycles. The van der Waals surface area contributed by atoms with E-state index in [1.54, 1.807) is 5.57 Å². The number of hydrogen-bond donors (Lipinski definition) is 0. The summed E-state index contributed by atoms with van der Waals surface area (Å²) in [5.74, 6) is 4.32. The van der Waals surface area contributed by atoms with E-state index in [-0.39, 0.29) is 5.41 Å². The highest BCUT2D eigenvalue weighted by Gasteiger charge is 2.43. The molecule has 0 heterocycles. The molecule has 0 spiro atoms. The SMILES string of the molecule is CCC1CC(C)(C)CCCCC(C=C(CC(C)C)C(C)(C(C)C)C(C)C)(C(C)C(C)C)C1. The van der Waals surface area contributed by atoms with Gasteiger partial charge in [-0.05, 0) is 83.9 Å². The molecule has 1 fully saturated rings. The highest BCUT2D eigenvalue weighted by atomic mass is 14.5. The third-order valence-corrected chi connectivity index (χ3v) is 9.92. The van der Waals surface area contributed by atoms with E-state index in [1.165, 1.54) is 51.4 Å². The minimum Gasteiger partial charge on any atom is -0.0782 e. The summed E-state index contributed by atoms with van der Waals surface area (Å²) in [6.45, 7) is 32.4. The molecule has 0 saturated heterocycles. The molecule has 1 aliphatic rings. The number of rotatable bonds is 9. The Bertz CT molecular complexity index is 565. The van der Waals surface area contributed by atoms with Crippen molar-refractivity contribution in [1.29, 1.82) is 0 Å². The van der Waals surface area contributed by atoms with Crippen LogP contribution in [-0.4, -0.2) is 0 Å². The molecule has 0 amide bonds. The summed E-state index contributed by atoms with van der Waals surface area (Å²) < 4.78 is 0.